The third-order valence-corrected chi connectivity index (χ3v) is 4.33. The summed E-state index contributed by atoms with van der Waals surface area (Å²) in [5, 5.41) is 3.36. The molecule has 0 aromatic heterocycles. The van der Waals surface area contributed by atoms with Crippen molar-refractivity contribution < 1.29 is 4.74 Å². The number of hydrogen-bond donors (Lipinski definition) is 1. The van der Waals surface area contributed by atoms with Crippen molar-refractivity contribution in [2.75, 3.05) is 39.4 Å². The second-order valence-corrected chi connectivity index (χ2v) is 5.49. The first-order valence-electron chi connectivity index (χ1n) is 7.42. The highest BCUT2D eigenvalue weighted by Crippen LogP contribution is 2.21. The molecule has 2 rings (SSSR count). The number of hydrogen-bond acceptors (Lipinski definition) is 3. The van der Waals surface area contributed by atoms with E-state index in [1.807, 2.05) is 0 Å². The molecule has 17 heavy (non-hydrogen) atoms. The summed E-state index contributed by atoms with van der Waals surface area (Å²) in [6, 6.07) is 0.822. The van der Waals surface area contributed by atoms with Gasteiger partial charge in [-0.3, -0.25) is 4.90 Å². The first-order chi connectivity index (χ1) is 8.40. The summed E-state index contributed by atoms with van der Waals surface area (Å²) < 4.78 is 5.40. The van der Waals surface area contributed by atoms with Gasteiger partial charge in [0, 0.05) is 32.3 Å². The molecule has 2 heterocycles. The van der Waals surface area contributed by atoms with Gasteiger partial charge in [-0.15, -0.1) is 0 Å². The van der Waals surface area contributed by atoms with Crippen LogP contribution >= 0.6 is 0 Å². The number of rotatable bonds is 7. The van der Waals surface area contributed by atoms with E-state index in [1.165, 1.54) is 58.3 Å². The van der Waals surface area contributed by atoms with Crippen molar-refractivity contribution in [1.82, 2.24) is 10.2 Å². The van der Waals surface area contributed by atoms with Crippen LogP contribution in [0.3, 0.4) is 0 Å². The monoisotopic (exact) mass is 240 g/mol. The Hall–Kier alpha value is -0.120. The molecular weight excluding hydrogens is 212 g/mol. The summed E-state index contributed by atoms with van der Waals surface area (Å²) in [5.41, 5.74) is 0. The predicted molar refractivity (Wildman–Crippen MR) is 71.3 cm³/mol. The highest BCUT2D eigenvalue weighted by atomic mass is 16.5. The van der Waals surface area contributed by atoms with Gasteiger partial charge in [-0.05, 0) is 38.3 Å². The molecule has 2 saturated heterocycles. The van der Waals surface area contributed by atoms with Gasteiger partial charge in [-0.1, -0.05) is 19.8 Å². The Morgan fingerprint density at radius 1 is 1.18 bits per heavy atom. The summed E-state index contributed by atoms with van der Waals surface area (Å²) >= 11 is 0. The molecule has 0 atom stereocenters. The topological polar surface area (TPSA) is 24.5 Å². The summed E-state index contributed by atoms with van der Waals surface area (Å²) in [7, 11) is 0. The average molecular weight is 240 g/mol. The lowest BCUT2D eigenvalue weighted by Crippen LogP contribution is -2.57. The van der Waals surface area contributed by atoms with Crippen LogP contribution in [0.5, 0.6) is 0 Å². The van der Waals surface area contributed by atoms with Crippen LogP contribution in [0, 0.1) is 5.92 Å². The minimum absolute atomic E-state index is 0.822. The number of nitrogens with zero attached hydrogens (tertiary/aromatic N) is 1. The second-order valence-electron chi connectivity index (χ2n) is 5.49. The predicted octanol–water partition coefficient (Wildman–Crippen LogP) is 1.88. The van der Waals surface area contributed by atoms with Gasteiger partial charge >= 0.3 is 0 Å². The zero-order valence-electron chi connectivity index (χ0n) is 11.3. The van der Waals surface area contributed by atoms with Gasteiger partial charge in [0.25, 0.3) is 0 Å². The third kappa shape index (κ3) is 4.23. The van der Waals surface area contributed by atoms with Crippen molar-refractivity contribution in [1.29, 1.82) is 0 Å². The second kappa shape index (κ2) is 7.34. The zero-order valence-corrected chi connectivity index (χ0v) is 11.3. The average Bonchev–Trinajstić information content (AvgIpc) is 2.32. The maximum absolute atomic E-state index is 5.40. The molecule has 0 aromatic carbocycles. The molecule has 2 aliphatic rings. The summed E-state index contributed by atoms with van der Waals surface area (Å²) in [4.78, 5) is 2.64. The van der Waals surface area contributed by atoms with Gasteiger partial charge in [0.05, 0.1) is 0 Å². The highest BCUT2D eigenvalue weighted by Gasteiger charge is 2.22. The number of unbranched alkanes of at least 4 members (excludes halogenated alkanes) is 1. The lowest BCUT2D eigenvalue weighted by atomic mass is 9.94. The number of likely N-dealkylation sites (N-methyl/N-ethyl adjacent to an activating group) is 1. The molecule has 0 radical (unpaired) electrons. The number of nitrogens with one attached hydrogen (secondary N) is 1. The lowest BCUT2D eigenvalue weighted by molar-refractivity contribution is 0.0625. The van der Waals surface area contributed by atoms with Gasteiger partial charge in [0.15, 0.2) is 0 Å². The van der Waals surface area contributed by atoms with E-state index in [-0.39, 0.29) is 0 Å². The van der Waals surface area contributed by atoms with Gasteiger partial charge < -0.3 is 10.1 Å². The first-order valence-corrected chi connectivity index (χ1v) is 7.42. The quantitative estimate of drug-likeness (QED) is 0.688. The molecule has 0 unspecified atom stereocenters. The molecule has 0 amide bonds. The van der Waals surface area contributed by atoms with E-state index in [0.29, 0.717) is 0 Å². The molecule has 2 fully saturated rings. The van der Waals surface area contributed by atoms with Crippen molar-refractivity contribution in [3.05, 3.63) is 0 Å². The SMILES string of the molecule is CCN(CCCCC1CCOCC1)C1CNC1. The Labute approximate surface area is 106 Å². The summed E-state index contributed by atoms with van der Waals surface area (Å²) in [6.45, 7) is 9.20. The van der Waals surface area contributed by atoms with Gasteiger partial charge in [-0.25, -0.2) is 0 Å². The van der Waals surface area contributed by atoms with E-state index in [4.69, 9.17) is 4.74 Å². The number of ether oxygens (including phenoxy) is 1. The van der Waals surface area contributed by atoms with Crippen LogP contribution in [0.25, 0.3) is 0 Å². The van der Waals surface area contributed by atoms with Crippen molar-refractivity contribution in [2.45, 2.75) is 45.1 Å². The van der Waals surface area contributed by atoms with Crippen LogP contribution in [-0.2, 0) is 4.74 Å². The summed E-state index contributed by atoms with van der Waals surface area (Å²) in [5.74, 6) is 0.948. The van der Waals surface area contributed by atoms with Crippen LogP contribution in [0.4, 0.5) is 0 Å². The maximum Gasteiger partial charge on any atom is 0.0468 e. The van der Waals surface area contributed by atoms with E-state index < -0.39 is 0 Å². The summed E-state index contributed by atoms with van der Waals surface area (Å²) in [6.07, 6.45) is 6.79. The van der Waals surface area contributed by atoms with Crippen LogP contribution in [0.2, 0.25) is 0 Å². The Morgan fingerprint density at radius 3 is 2.53 bits per heavy atom. The highest BCUT2D eigenvalue weighted by molar-refractivity contribution is 4.83. The Balaban J connectivity index is 1.52. The Bertz CT molecular complexity index is 200. The van der Waals surface area contributed by atoms with Crippen LogP contribution in [0.1, 0.15) is 39.0 Å². The van der Waals surface area contributed by atoms with Crippen LogP contribution < -0.4 is 5.32 Å². The molecule has 3 nitrogen and oxygen atoms in total. The molecule has 0 aliphatic carbocycles. The largest absolute Gasteiger partial charge is 0.381 e. The van der Waals surface area contributed by atoms with Crippen LogP contribution in [0.15, 0.2) is 0 Å². The maximum atomic E-state index is 5.40. The minimum atomic E-state index is 0.822. The van der Waals surface area contributed by atoms with E-state index >= 15 is 0 Å². The van der Waals surface area contributed by atoms with Crippen molar-refractivity contribution in [3.8, 4) is 0 Å². The van der Waals surface area contributed by atoms with Gasteiger partial charge in [0.1, 0.15) is 0 Å². The third-order valence-electron chi connectivity index (χ3n) is 4.33. The smallest absolute Gasteiger partial charge is 0.0468 e. The molecule has 2 aliphatic heterocycles. The normalized spacial score (nSPS) is 22.9. The standard InChI is InChI=1S/C14H28N2O/c1-2-16(14-11-15-12-14)8-4-3-5-13-6-9-17-10-7-13/h13-15H,2-12H2,1H3. The minimum Gasteiger partial charge on any atom is -0.381 e. The Kier molecular flexibility index (Phi) is 5.75. The van der Waals surface area contributed by atoms with E-state index in [1.54, 1.807) is 0 Å². The molecule has 3 heteroatoms. The molecule has 100 valence electrons. The molecule has 0 bridgehead atoms. The van der Waals surface area contributed by atoms with E-state index in [9.17, 15) is 0 Å². The van der Waals surface area contributed by atoms with Crippen molar-refractivity contribution in [3.63, 3.8) is 0 Å². The van der Waals surface area contributed by atoms with E-state index in [2.05, 4.69) is 17.1 Å². The molecule has 0 saturated carbocycles. The Morgan fingerprint density at radius 2 is 1.94 bits per heavy atom. The molecule has 0 aromatic rings. The molecular formula is C14H28N2O. The van der Waals surface area contributed by atoms with Crippen molar-refractivity contribution in [2.24, 2.45) is 5.92 Å². The fourth-order valence-electron chi connectivity index (χ4n) is 2.91. The van der Waals surface area contributed by atoms with E-state index in [0.717, 1.165) is 25.2 Å². The lowest BCUT2D eigenvalue weighted by Gasteiger charge is -2.37. The molecule has 0 spiro atoms. The van der Waals surface area contributed by atoms with Crippen LogP contribution in [-0.4, -0.2) is 50.3 Å². The first kappa shape index (κ1) is 13.3. The zero-order chi connectivity index (χ0) is 11.9. The van der Waals surface area contributed by atoms with Gasteiger partial charge in [-0.2, -0.15) is 0 Å². The fourth-order valence-corrected chi connectivity index (χ4v) is 2.91. The van der Waals surface area contributed by atoms with Crippen molar-refractivity contribution >= 4 is 0 Å². The molecule has 1 N–H and O–H groups in total. The fraction of sp³-hybridized carbons (Fsp3) is 1.00. The van der Waals surface area contributed by atoms with Gasteiger partial charge in [0.2, 0.25) is 0 Å².